The van der Waals surface area contributed by atoms with Gasteiger partial charge in [-0.3, -0.25) is 0 Å². The fourth-order valence-electron chi connectivity index (χ4n) is 1.70. The standard InChI is InChI=1S/C11H26N2/c1-7-11(4,13(5)6)8-10(2,3)9-12/h7-9,12H2,1-6H3. The van der Waals surface area contributed by atoms with E-state index >= 15 is 0 Å². The van der Waals surface area contributed by atoms with Gasteiger partial charge in [-0.05, 0) is 45.8 Å². The van der Waals surface area contributed by atoms with E-state index in [1.54, 1.807) is 0 Å². The van der Waals surface area contributed by atoms with E-state index in [1.807, 2.05) is 0 Å². The number of rotatable bonds is 5. The van der Waals surface area contributed by atoms with E-state index in [0.29, 0.717) is 0 Å². The highest BCUT2D eigenvalue weighted by molar-refractivity contribution is 4.88. The van der Waals surface area contributed by atoms with Gasteiger partial charge in [0.1, 0.15) is 0 Å². The summed E-state index contributed by atoms with van der Waals surface area (Å²) >= 11 is 0. The highest BCUT2D eigenvalue weighted by Crippen LogP contribution is 2.31. The maximum Gasteiger partial charge on any atom is 0.0178 e. The lowest BCUT2D eigenvalue weighted by Crippen LogP contribution is -2.45. The van der Waals surface area contributed by atoms with Gasteiger partial charge >= 0.3 is 0 Å². The number of nitrogens with two attached hydrogens (primary N) is 1. The number of nitrogens with zero attached hydrogens (tertiary/aromatic N) is 1. The van der Waals surface area contributed by atoms with Crippen molar-refractivity contribution in [1.82, 2.24) is 4.90 Å². The molecule has 0 aliphatic carbocycles. The van der Waals surface area contributed by atoms with Crippen molar-refractivity contribution in [2.75, 3.05) is 20.6 Å². The maximum atomic E-state index is 5.75. The molecule has 2 nitrogen and oxygen atoms in total. The van der Waals surface area contributed by atoms with Gasteiger partial charge in [0.15, 0.2) is 0 Å². The second kappa shape index (κ2) is 4.43. The van der Waals surface area contributed by atoms with Crippen molar-refractivity contribution in [2.24, 2.45) is 11.1 Å². The molecule has 0 radical (unpaired) electrons. The van der Waals surface area contributed by atoms with Crippen LogP contribution < -0.4 is 5.73 Å². The molecule has 0 heterocycles. The van der Waals surface area contributed by atoms with Crippen molar-refractivity contribution in [2.45, 2.75) is 46.1 Å². The van der Waals surface area contributed by atoms with Crippen LogP contribution >= 0.6 is 0 Å². The summed E-state index contributed by atoms with van der Waals surface area (Å²) < 4.78 is 0. The Morgan fingerprint density at radius 3 is 1.85 bits per heavy atom. The molecule has 13 heavy (non-hydrogen) atoms. The number of hydrogen-bond acceptors (Lipinski definition) is 2. The van der Waals surface area contributed by atoms with Crippen LogP contribution in [0.5, 0.6) is 0 Å². The Morgan fingerprint density at radius 2 is 1.62 bits per heavy atom. The Bertz CT molecular complexity index is 152. The first kappa shape index (κ1) is 12.9. The third-order valence-electron chi connectivity index (χ3n) is 3.25. The molecule has 2 N–H and O–H groups in total. The fourth-order valence-corrected chi connectivity index (χ4v) is 1.70. The minimum atomic E-state index is 0.245. The van der Waals surface area contributed by atoms with E-state index in [0.717, 1.165) is 13.0 Å². The smallest absolute Gasteiger partial charge is 0.0178 e. The zero-order valence-corrected chi connectivity index (χ0v) is 10.1. The fraction of sp³-hybridized carbons (Fsp3) is 1.00. The average Bonchev–Trinajstić information content (AvgIpc) is 2.03. The summed E-state index contributed by atoms with van der Waals surface area (Å²) in [4.78, 5) is 2.31. The van der Waals surface area contributed by atoms with Crippen molar-refractivity contribution in [3.05, 3.63) is 0 Å². The first-order valence-electron chi connectivity index (χ1n) is 5.15. The SMILES string of the molecule is CCC(C)(CC(C)(C)CN)N(C)C. The Kier molecular flexibility index (Phi) is 4.40. The summed E-state index contributed by atoms with van der Waals surface area (Å²) in [7, 11) is 4.30. The molecule has 80 valence electrons. The second-order valence-corrected chi connectivity index (χ2v) is 5.29. The predicted molar refractivity (Wildman–Crippen MR) is 59.8 cm³/mol. The third kappa shape index (κ3) is 3.65. The lowest BCUT2D eigenvalue weighted by Gasteiger charge is -2.41. The molecule has 0 aromatic heterocycles. The van der Waals surface area contributed by atoms with E-state index in [4.69, 9.17) is 5.73 Å². The van der Waals surface area contributed by atoms with Crippen LogP contribution in [0.2, 0.25) is 0 Å². The Morgan fingerprint density at radius 1 is 1.15 bits per heavy atom. The van der Waals surface area contributed by atoms with Crippen LogP contribution in [0, 0.1) is 5.41 Å². The molecule has 0 bridgehead atoms. The van der Waals surface area contributed by atoms with Crippen LogP contribution in [0.1, 0.15) is 40.5 Å². The van der Waals surface area contributed by atoms with Crippen molar-refractivity contribution >= 4 is 0 Å². The third-order valence-corrected chi connectivity index (χ3v) is 3.25. The van der Waals surface area contributed by atoms with Crippen molar-refractivity contribution in [3.8, 4) is 0 Å². The molecule has 0 saturated carbocycles. The molecule has 0 saturated heterocycles. The largest absolute Gasteiger partial charge is 0.330 e. The van der Waals surface area contributed by atoms with E-state index < -0.39 is 0 Å². The summed E-state index contributed by atoms with van der Waals surface area (Å²) in [6.45, 7) is 9.79. The molecular weight excluding hydrogens is 160 g/mol. The van der Waals surface area contributed by atoms with Gasteiger partial charge < -0.3 is 10.6 Å². The van der Waals surface area contributed by atoms with Gasteiger partial charge in [0.05, 0.1) is 0 Å². The van der Waals surface area contributed by atoms with E-state index in [9.17, 15) is 0 Å². The van der Waals surface area contributed by atoms with E-state index in [1.165, 1.54) is 6.42 Å². The van der Waals surface area contributed by atoms with Crippen LogP contribution in [0.15, 0.2) is 0 Å². The Hall–Kier alpha value is -0.0800. The van der Waals surface area contributed by atoms with Gasteiger partial charge in [-0.2, -0.15) is 0 Å². The molecule has 1 unspecified atom stereocenters. The van der Waals surface area contributed by atoms with Crippen LogP contribution in [-0.2, 0) is 0 Å². The molecule has 1 atom stereocenters. The lowest BCUT2D eigenvalue weighted by molar-refractivity contribution is 0.103. The molecule has 0 spiro atoms. The van der Waals surface area contributed by atoms with E-state index in [-0.39, 0.29) is 11.0 Å². The van der Waals surface area contributed by atoms with Gasteiger partial charge in [-0.15, -0.1) is 0 Å². The zero-order chi connectivity index (χ0) is 10.7. The molecule has 0 aromatic carbocycles. The molecule has 0 fully saturated rings. The monoisotopic (exact) mass is 186 g/mol. The van der Waals surface area contributed by atoms with Crippen LogP contribution in [0.25, 0.3) is 0 Å². The summed E-state index contributed by atoms with van der Waals surface area (Å²) in [5.41, 5.74) is 6.28. The lowest BCUT2D eigenvalue weighted by atomic mass is 9.77. The summed E-state index contributed by atoms with van der Waals surface area (Å²) in [6, 6.07) is 0. The normalized spacial score (nSPS) is 17.5. The van der Waals surface area contributed by atoms with Crippen LogP contribution in [-0.4, -0.2) is 31.1 Å². The van der Waals surface area contributed by atoms with Gasteiger partial charge in [0.25, 0.3) is 0 Å². The van der Waals surface area contributed by atoms with Crippen LogP contribution in [0.3, 0.4) is 0 Å². The van der Waals surface area contributed by atoms with Gasteiger partial charge in [-0.25, -0.2) is 0 Å². The first-order valence-corrected chi connectivity index (χ1v) is 5.15. The van der Waals surface area contributed by atoms with Gasteiger partial charge in [0.2, 0.25) is 0 Å². The molecule has 2 heteroatoms. The van der Waals surface area contributed by atoms with Crippen molar-refractivity contribution < 1.29 is 0 Å². The highest BCUT2D eigenvalue weighted by Gasteiger charge is 2.31. The zero-order valence-electron chi connectivity index (χ0n) is 10.1. The minimum Gasteiger partial charge on any atom is -0.330 e. The van der Waals surface area contributed by atoms with Crippen molar-refractivity contribution in [3.63, 3.8) is 0 Å². The number of hydrogen-bond donors (Lipinski definition) is 1. The topological polar surface area (TPSA) is 29.3 Å². The van der Waals surface area contributed by atoms with Crippen LogP contribution in [0.4, 0.5) is 0 Å². The summed E-state index contributed by atoms with van der Waals surface area (Å²) in [6.07, 6.45) is 2.32. The average molecular weight is 186 g/mol. The highest BCUT2D eigenvalue weighted by atomic mass is 15.1. The molecule has 0 aliphatic heterocycles. The molecule has 0 rings (SSSR count). The Labute approximate surface area is 83.5 Å². The minimum absolute atomic E-state index is 0.245. The van der Waals surface area contributed by atoms with E-state index in [2.05, 4.69) is 46.7 Å². The maximum absolute atomic E-state index is 5.75. The first-order chi connectivity index (χ1) is 5.77. The molecule has 0 amide bonds. The second-order valence-electron chi connectivity index (χ2n) is 5.29. The predicted octanol–water partition coefficient (Wildman–Crippen LogP) is 2.09. The summed E-state index contributed by atoms with van der Waals surface area (Å²) in [5.74, 6) is 0. The van der Waals surface area contributed by atoms with Crippen molar-refractivity contribution in [1.29, 1.82) is 0 Å². The molecule has 0 aliphatic rings. The van der Waals surface area contributed by atoms with Gasteiger partial charge in [-0.1, -0.05) is 20.8 Å². The molecular formula is C11H26N2. The molecule has 0 aromatic rings. The quantitative estimate of drug-likeness (QED) is 0.712. The van der Waals surface area contributed by atoms with Gasteiger partial charge in [0, 0.05) is 5.54 Å². The Balaban J connectivity index is 4.44. The summed E-state index contributed by atoms with van der Waals surface area (Å²) in [5, 5.41) is 0.